The highest BCUT2D eigenvalue weighted by atomic mass is 32.3. The summed E-state index contributed by atoms with van der Waals surface area (Å²) in [5.74, 6) is -0.235. The van der Waals surface area contributed by atoms with Gasteiger partial charge in [-0.3, -0.25) is 14.9 Å². The van der Waals surface area contributed by atoms with Crippen molar-refractivity contribution in [3.63, 3.8) is 0 Å². The summed E-state index contributed by atoms with van der Waals surface area (Å²) in [5.41, 5.74) is 1.14. The first-order valence-corrected chi connectivity index (χ1v) is 15.0. The minimum absolute atomic E-state index is 0.0139. The van der Waals surface area contributed by atoms with Crippen molar-refractivity contribution in [2.75, 3.05) is 42.9 Å². The van der Waals surface area contributed by atoms with Gasteiger partial charge >= 0.3 is 0 Å². The maximum absolute atomic E-state index is 13.2. The first kappa shape index (κ1) is 27.6. The predicted octanol–water partition coefficient (Wildman–Crippen LogP) is 2.16. The van der Waals surface area contributed by atoms with Crippen LogP contribution < -0.4 is 3.71 Å². The number of anilines is 1. The molecule has 2 aromatic rings. The molecule has 0 spiro atoms. The average molecular weight is 539 g/mol. The van der Waals surface area contributed by atoms with E-state index in [0.717, 1.165) is 38.4 Å². The van der Waals surface area contributed by atoms with Crippen LogP contribution in [-0.2, 0) is 31.3 Å². The van der Waals surface area contributed by atoms with Crippen LogP contribution in [0.25, 0.3) is 0 Å². The van der Waals surface area contributed by atoms with Crippen molar-refractivity contribution in [1.29, 1.82) is 0 Å². The largest absolute Gasteiger partial charge is 0.337 e. The number of hydrogen-bond donors (Lipinski definition) is 0. The van der Waals surface area contributed by atoms with Gasteiger partial charge in [-0.25, -0.2) is 16.8 Å². The molecule has 36 heavy (non-hydrogen) atoms. The molecule has 1 aliphatic heterocycles. The zero-order valence-electron chi connectivity index (χ0n) is 20.4. The molecule has 1 atom stereocenters. The van der Waals surface area contributed by atoms with Gasteiger partial charge in [0, 0.05) is 25.7 Å². The number of likely N-dealkylation sites (N-methyl/N-ethyl adjacent to an activating group) is 1. The number of sulfonamides is 2. The molecule has 3 rings (SSSR count). The fourth-order valence-corrected chi connectivity index (χ4v) is 7.32. The zero-order chi connectivity index (χ0) is 26.7. The van der Waals surface area contributed by atoms with Crippen molar-refractivity contribution in [2.24, 2.45) is 0 Å². The Balaban J connectivity index is 1.83. The fraction of sp³-hybridized carbons (Fsp3) is 0.435. The van der Waals surface area contributed by atoms with E-state index in [1.54, 1.807) is 24.1 Å². The topological polar surface area (TPSA) is 138 Å². The summed E-state index contributed by atoms with van der Waals surface area (Å²) in [6, 6.07) is 11.6. The quantitative estimate of drug-likeness (QED) is 0.331. The Kier molecular flexibility index (Phi) is 8.37. The standard InChI is InChI=1S/C23H30N4O7S2/c1-24(22(17-25-13-4-5-14-25)19-7-6-8-21(16-19)26(29)30)23(28)15-18-9-11-20(12-10-18)27(35(2,31)32)36(3,33)34/h6-12,16,22H,4-5,13-15,17H2,1-3H3/t22-/m1/s1. The summed E-state index contributed by atoms with van der Waals surface area (Å²) in [6.45, 7) is 2.33. The first-order valence-electron chi connectivity index (χ1n) is 11.3. The number of nitro groups is 1. The molecular formula is C23H30N4O7S2. The minimum atomic E-state index is -4.07. The molecular weight excluding hydrogens is 508 g/mol. The molecule has 0 saturated carbocycles. The number of carbonyl (C=O) groups excluding carboxylic acids is 1. The number of likely N-dealkylation sites (tertiary alicyclic amines) is 1. The lowest BCUT2D eigenvalue weighted by molar-refractivity contribution is -0.385. The first-order chi connectivity index (χ1) is 16.8. The van der Waals surface area contributed by atoms with E-state index in [0.29, 0.717) is 21.4 Å². The highest BCUT2D eigenvalue weighted by molar-refractivity contribution is 8.09. The Morgan fingerprint density at radius 2 is 1.61 bits per heavy atom. The summed E-state index contributed by atoms with van der Waals surface area (Å²) in [4.78, 5) is 27.9. The van der Waals surface area contributed by atoms with Crippen LogP contribution in [0.15, 0.2) is 48.5 Å². The average Bonchev–Trinajstić information content (AvgIpc) is 3.30. The number of amides is 1. The van der Waals surface area contributed by atoms with Gasteiger partial charge in [0.05, 0.1) is 35.6 Å². The monoisotopic (exact) mass is 538 g/mol. The Bertz CT molecular complexity index is 1290. The van der Waals surface area contributed by atoms with E-state index >= 15 is 0 Å². The van der Waals surface area contributed by atoms with Gasteiger partial charge in [-0.1, -0.05) is 24.3 Å². The summed E-state index contributed by atoms with van der Waals surface area (Å²) in [5, 5.41) is 11.3. The SMILES string of the molecule is CN(C(=O)Cc1ccc(N(S(C)(=O)=O)S(C)(=O)=O)cc1)[C@H](CN1CCCC1)c1cccc([N+](=O)[O-])c1. The molecule has 196 valence electrons. The summed E-state index contributed by atoms with van der Waals surface area (Å²) in [6.07, 6.45) is 3.71. The van der Waals surface area contributed by atoms with Crippen LogP contribution >= 0.6 is 0 Å². The molecule has 0 N–H and O–H groups in total. The lowest BCUT2D eigenvalue weighted by Gasteiger charge is -2.32. The van der Waals surface area contributed by atoms with Gasteiger partial charge in [-0.15, -0.1) is 0 Å². The Morgan fingerprint density at radius 3 is 2.14 bits per heavy atom. The molecule has 0 unspecified atom stereocenters. The van der Waals surface area contributed by atoms with Crippen molar-refractivity contribution in [3.05, 3.63) is 69.8 Å². The second kappa shape index (κ2) is 10.9. The lowest BCUT2D eigenvalue weighted by Crippen LogP contribution is -2.39. The molecule has 1 fully saturated rings. The highest BCUT2D eigenvalue weighted by Gasteiger charge is 2.29. The van der Waals surface area contributed by atoms with Gasteiger partial charge in [-0.05, 0) is 49.2 Å². The summed E-state index contributed by atoms with van der Waals surface area (Å²) >= 11 is 0. The molecule has 1 aliphatic rings. The number of nitro benzene ring substituents is 1. The summed E-state index contributed by atoms with van der Waals surface area (Å²) in [7, 11) is -6.48. The Morgan fingerprint density at radius 1 is 1.03 bits per heavy atom. The molecule has 1 heterocycles. The molecule has 2 aromatic carbocycles. The Hall–Kier alpha value is -3.03. The van der Waals surface area contributed by atoms with Crippen molar-refractivity contribution in [2.45, 2.75) is 25.3 Å². The van der Waals surface area contributed by atoms with Crippen LogP contribution in [0.5, 0.6) is 0 Å². The molecule has 13 heteroatoms. The zero-order valence-corrected chi connectivity index (χ0v) is 22.0. The van der Waals surface area contributed by atoms with Crippen LogP contribution in [0.2, 0.25) is 0 Å². The second-order valence-corrected chi connectivity index (χ2v) is 12.8. The third-order valence-corrected chi connectivity index (χ3v) is 9.31. The smallest absolute Gasteiger partial charge is 0.269 e. The van der Waals surface area contributed by atoms with E-state index in [9.17, 15) is 31.7 Å². The number of nitrogens with zero attached hydrogens (tertiary/aromatic N) is 4. The third kappa shape index (κ3) is 6.80. The van der Waals surface area contributed by atoms with Crippen LogP contribution in [0, 0.1) is 10.1 Å². The van der Waals surface area contributed by atoms with Crippen molar-refractivity contribution in [3.8, 4) is 0 Å². The van der Waals surface area contributed by atoms with E-state index < -0.39 is 31.0 Å². The van der Waals surface area contributed by atoms with Crippen LogP contribution in [0.1, 0.15) is 30.0 Å². The van der Waals surface area contributed by atoms with Crippen molar-refractivity contribution in [1.82, 2.24) is 9.80 Å². The number of benzene rings is 2. The lowest BCUT2D eigenvalue weighted by atomic mass is 10.0. The summed E-state index contributed by atoms with van der Waals surface area (Å²) < 4.78 is 48.3. The van der Waals surface area contributed by atoms with Crippen LogP contribution in [0.3, 0.4) is 0 Å². The van der Waals surface area contributed by atoms with E-state index in [1.165, 1.54) is 36.4 Å². The van der Waals surface area contributed by atoms with Gasteiger partial charge in [0.25, 0.3) is 5.69 Å². The van der Waals surface area contributed by atoms with Gasteiger partial charge in [0.1, 0.15) is 0 Å². The van der Waals surface area contributed by atoms with E-state index in [-0.39, 0.29) is 23.7 Å². The normalized spacial score (nSPS) is 15.4. The molecule has 0 radical (unpaired) electrons. The van der Waals surface area contributed by atoms with Crippen LogP contribution in [-0.4, -0.2) is 76.7 Å². The van der Waals surface area contributed by atoms with Crippen molar-refractivity contribution >= 4 is 37.3 Å². The van der Waals surface area contributed by atoms with Crippen LogP contribution in [0.4, 0.5) is 11.4 Å². The van der Waals surface area contributed by atoms with E-state index in [2.05, 4.69) is 4.90 Å². The molecule has 0 aliphatic carbocycles. The van der Waals surface area contributed by atoms with Gasteiger partial charge in [-0.2, -0.15) is 3.71 Å². The number of carbonyl (C=O) groups is 1. The molecule has 11 nitrogen and oxygen atoms in total. The Labute approximate surface area is 211 Å². The maximum Gasteiger partial charge on any atom is 0.269 e. The molecule has 0 bridgehead atoms. The van der Waals surface area contributed by atoms with E-state index in [4.69, 9.17) is 0 Å². The van der Waals surface area contributed by atoms with Gasteiger partial charge < -0.3 is 9.80 Å². The third-order valence-electron chi connectivity index (χ3n) is 6.06. The fourth-order valence-electron chi connectivity index (χ4n) is 4.34. The molecule has 0 aromatic heterocycles. The van der Waals surface area contributed by atoms with E-state index in [1.807, 2.05) is 0 Å². The maximum atomic E-state index is 13.2. The highest BCUT2D eigenvalue weighted by Crippen LogP contribution is 2.27. The van der Waals surface area contributed by atoms with Crippen molar-refractivity contribution < 1.29 is 26.6 Å². The second-order valence-electron chi connectivity index (χ2n) is 8.95. The molecule has 1 saturated heterocycles. The minimum Gasteiger partial charge on any atom is -0.337 e. The van der Waals surface area contributed by atoms with Gasteiger partial charge in [0.15, 0.2) is 0 Å². The van der Waals surface area contributed by atoms with Gasteiger partial charge in [0.2, 0.25) is 26.0 Å². The predicted molar refractivity (Wildman–Crippen MR) is 137 cm³/mol. The number of non-ortho nitro benzene ring substituents is 1. The number of rotatable bonds is 10. The molecule has 1 amide bonds. The number of hydrogen-bond acceptors (Lipinski definition) is 8.